The summed E-state index contributed by atoms with van der Waals surface area (Å²) in [5, 5.41) is 0. The second-order valence-electron chi connectivity index (χ2n) is 6.23. The van der Waals surface area contributed by atoms with Gasteiger partial charge in [0.05, 0.1) is 17.5 Å². The number of aryl methyl sites for hydroxylation is 1. The summed E-state index contributed by atoms with van der Waals surface area (Å²) in [4.78, 5) is 17.5. The van der Waals surface area contributed by atoms with Gasteiger partial charge in [-0.25, -0.2) is 18.4 Å². The quantitative estimate of drug-likeness (QED) is 0.770. The SMILES string of the molecule is Cc1nc(C(F)(F)F)ncc1S(=O)(=O)N1CCC2(CC1)CC(=O)CO2. The molecule has 1 aromatic rings. The summed E-state index contributed by atoms with van der Waals surface area (Å²) in [6, 6.07) is 0. The van der Waals surface area contributed by atoms with Crippen molar-refractivity contribution in [1.82, 2.24) is 14.3 Å². The van der Waals surface area contributed by atoms with Gasteiger partial charge in [-0.1, -0.05) is 0 Å². The van der Waals surface area contributed by atoms with Crippen molar-refractivity contribution in [2.75, 3.05) is 19.7 Å². The van der Waals surface area contributed by atoms with E-state index < -0.39 is 27.6 Å². The monoisotopic (exact) mass is 379 g/mol. The van der Waals surface area contributed by atoms with Crippen molar-refractivity contribution in [3.8, 4) is 0 Å². The highest BCUT2D eigenvalue weighted by Crippen LogP contribution is 2.36. The first kappa shape index (κ1) is 18.2. The standard InChI is InChI=1S/C14H16F3N3O4S/c1-9-11(7-18-12(19-9)14(15,16)17)25(22,23)20-4-2-13(3-5-20)6-10(21)8-24-13/h7H,2-6,8H2,1H3. The van der Waals surface area contributed by atoms with Crippen LogP contribution in [0.5, 0.6) is 0 Å². The number of aromatic nitrogens is 2. The van der Waals surface area contributed by atoms with Crippen LogP contribution in [0.25, 0.3) is 0 Å². The normalized spacial score (nSPS) is 21.8. The van der Waals surface area contributed by atoms with Crippen molar-refractivity contribution in [2.24, 2.45) is 0 Å². The molecule has 0 radical (unpaired) electrons. The van der Waals surface area contributed by atoms with E-state index in [1.807, 2.05) is 0 Å². The molecule has 7 nitrogen and oxygen atoms in total. The van der Waals surface area contributed by atoms with Gasteiger partial charge >= 0.3 is 6.18 Å². The number of sulfonamides is 1. The van der Waals surface area contributed by atoms with Crippen molar-refractivity contribution in [3.05, 3.63) is 17.7 Å². The van der Waals surface area contributed by atoms with Crippen molar-refractivity contribution in [1.29, 1.82) is 0 Å². The number of hydrogen-bond donors (Lipinski definition) is 0. The second-order valence-corrected chi connectivity index (χ2v) is 8.14. The molecule has 3 rings (SSSR count). The van der Waals surface area contributed by atoms with Crippen LogP contribution in [0.2, 0.25) is 0 Å². The van der Waals surface area contributed by atoms with E-state index in [4.69, 9.17) is 4.74 Å². The summed E-state index contributed by atoms with van der Waals surface area (Å²) in [6.07, 6.45) is -3.06. The molecule has 0 N–H and O–H groups in total. The highest BCUT2D eigenvalue weighted by Gasteiger charge is 2.45. The average molecular weight is 379 g/mol. The molecule has 2 fully saturated rings. The van der Waals surface area contributed by atoms with Gasteiger partial charge in [0.2, 0.25) is 15.8 Å². The summed E-state index contributed by atoms with van der Waals surface area (Å²) in [6.45, 7) is 1.48. The molecule has 2 aliphatic heterocycles. The third-order valence-electron chi connectivity index (χ3n) is 4.50. The molecule has 138 valence electrons. The van der Waals surface area contributed by atoms with E-state index in [-0.39, 0.29) is 42.5 Å². The van der Waals surface area contributed by atoms with Gasteiger partial charge in [-0.2, -0.15) is 17.5 Å². The Morgan fingerprint density at radius 3 is 2.40 bits per heavy atom. The first-order valence-electron chi connectivity index (χ1n) is 7.60. The first-order valence-corrected chi connectivity index (χ1v) is 9.04. The van der Waals surface area contributed by atoms with Gasteiger partial charge in [0.1, 0.15) is 11.5 Å². The maximum atomic E-state index is 12.7. The van der Waals surface area contributed by atoms with Crippen LogP contribution in [0, 0.1) is 6.92 Å². The molecule has 0 aromatic carbocycles. The van der Waals surface area contributed by atoms with Gasteiger partial charge in [0.15, 0.2) is 5.78 Å². The second kappa shape index (κ2) is 5.99. The van der Waals surface area contributed by atoms with Gasteiger partial charge in [0, 0.05) is 19.5 Å². The van der Waals surface area contributed by atoms with E-state index in [1.54, 1.807) is 0 Å². The molecule has 0 amide bonds. The molecule has 25 heavy (non-hydrogen) atoms. The van der Waals surface area contributed by atoms with Gasteiger partial charge in [-0.15, -0.1) is 0 Å². The summed E-state index contributed by atoms with van der Waals surface area (Å²) < 4.78 is 69.9. The molecular weight excluding hydrogens is 363 g/mol. The number of halogens is 3. The molecule has 3 heterocycles. The van der Waals surface area contributed by atoms with Gasteiger partial charge < -0.3 is 4.74 Å². The number of Topliss-reactive ketones (excluding diaryl/α,β-unsaturated/α-hetero) is 1. The van der Waals surface area contributed by atoms with Crippen LogP contribution in [0.1, 0.15) is 30.8 Å². The third kappa shape index (κ3) is 3.40. The lowest BCUT2D eigenvalue weighted by atomic mass is 9.89. The summed E-state index contributed by atoms with van der Waals surface area (Å²) >= 11 is 0. The van der Waals surface area contributed by atoms with Gasteiger partial charge in [-0.05, 0) is 19.8 Å². The van der Waals surface area contributed by atoms with Gasteiger partial charge in [-0.3, -0.25) is 4.79 Å². The van der Waals surface area contributed by atoms with E-state index in [9.17, 15) is 26.4 Å². The Balaban J connectivity index is 1.80. The maximum absolute atomic E-state index is 12.7. The Morgan fingerprint density at radius 2 is 1.92 bits per heavy atom. The number of rotatable bonds is 2. The Kier molecular flexibility index (Phi) is 4.36. The maximum Gasteiger partial charge on any atom is 0.451 e. The van der Waals surface area contributed by atoms with E-state index in [0.29, 0.717) is 19.0 Å². The van der Waals surface area contributed by atoms with E-state index >= 15 is 0 Å². The Hall–Kier alpha value is -1.59. The lowest BCUT2D eigenvalue weighted by Gasteiger charge is -2.37. The topological polar surface area (TPSA) is 89.5 Å². The van der Waals surface area contributed by atoms with Crippen LogP contribution in [0.4, 0.5) is 13.2 Å². The number of alkyl halides is 3. The van der Waals surface area contributed by atoms with Crippen molar-refractivity contribution in [3.63, 3.8) is 0 Å². The zero-order valence-corrected chi connectivity index (χ0v) is 14.2. The third-order valence-corrected chi connectivity index (χ3v) is 6.50. The average Bonchev–Trinajstić information content (AvgIpc) is 2.87. The van der Waals surface area contributed by atoms with Crippen LogP contribution < -0.4 is 0 Å². The molecule has 2 saturated heterocycles. The zero-order valence-electron chi connectivity index (χ0n) is 13.3. The zero-order chi connectivity index (χ0) is 18.5. The lowest BCUT2D eigenvalue weighted by molar-refractivity contribution is -0.145. The predicted octanol–water partition coefficient (Wildman–Crippen LogP) is 1.32. The predicted molar refractivity (Wildman–Crippen MR) is 78.1 cm³/mol. The highest BCUT2D eigenvalue weighted by atomic mass is 32.2. The summed E-state index contributed by atoms with van der Waals surface area (Å²) in [5.74, 6) is -1.39. The van der Waals surface area contributed by atoms with Crippen molar-refractivity contribution >= 4 is 15.8 Å². The first-order chi connectivity index (χ1) is 11.5. The number of carbonyl (C=O) groups excluding carboxylic acids is 1. The van der Waals surface area contributed by atoms with Crippen LogP contribution >= 0.6 is 0 Å². The molecule has 0 aliphatic carbocycles. The molecular formula is C14H16F3N3O4S. The minimum Gasteiger partial charge on any atom is -0.367 e. The Morgan fingerprint density at radius 1 is 1.28 bits per heavy atom. The van der Waals surface area contributed by atoms with Crippen molar-refractivity contribution < 1.29 is 31.1 Å². The number of hydrogen-bond acceptors (Lipinski definition) is 6. The Bertz CT molecular complexity index is 802. The molecule has 0 bridgehead atoms. The fourth-order valence-corrected chi connectivity index (χ4v) is 4.68. The lowest BCUT2D eigenvalue weighted by Crippen LogP contribution is -2.46. The minimum absolute atomic E-state index is 0.0108. The minimum atomic E-state index is -4.74. The van der Waals surface area contributed by atoms with Crippen LogP contribution in [-0.2, 0) is 25.7 Å². The fourth-order valence-electron chi connectivity index (χ4n) is 3.14. The number of carbonyl (C=O) groups is 1. The summed E-state index contributed by atoms with van der Waals surface area (Å²) in [5.41, 5.74) is -0.871. The van der Waals surface area contributed by atoms with Crippen molar-refractivity contribution in [2.45, 2.75) is 42.9 Å². The van der Waals surface area contributed by atoms with E-state index in [2.05, 4.69) is 9.97 Å². The highest BCUT2D eigenvalue weighted by molar-refractivity contribution is 7.89. The largest absolute Gasteiger partial charge is 0.451 e. The molecule has 1 spiro atoms. The number of ether oxygens (including phenoxy) is 1. The molecule has 0 saturated carbocycles. The Labute approximate surface area is 142 Å². The molecule has 0 atom stereocenters. The van der Waals surface area contributed by atoms with E-state index in [1.165, 1.54) is 11.2 Å². The molecule has 11 heteroatoms. The summed E-state index contributed by atoms with van der Waals surface area (Å²) in [7, 11) is -4.01. The molecule has 2 aliphatic rings. The van der Waals surface area contributed by atoms with Crippen LogP contribution in [0.3, 0.4) is 0 Å². The molecule has 0 unspecified atom stereocenters. The number of ketones is 1. The molecule has 1 aromatic heterocycles. The smallest absolute Gasteiger partial charge is 0.367 e. The van der Waals surface area contributed by atoms with E-state index in [0.717, 1.165) is 0 Å². The number of piperidine rings is 1. The fraction of sp³-hybridized carbons (Fsp3) is 0.643. The van der Waals surface area contributed by atoms with Crippen LogP contribution in [0.15, 0.2) is 11.1 Å². The number of nitrogens with zero attached hydrogens (tertiary/aromatic N) is 3. The van der Waals surface area contributed by atoms with Crippen LogP contribution in [-0.4, -0.2) is 53.8 Å². The van der Waals surface area contributed by atoms with Gasteiger partial charge in [0.25, 0.3) is 0 Å².